The van der Waals surface area contributed by atoms with Gasteiger partial charge in [-0.2, -0.15) is 0 Å². The van der Waals surface area contributed by atoms with E-state index in [1.165, 1.54) is 21.3 Å². The molecular weight excluding hydrogens is 362 g/mol. The monoisotopic (exact) mass is 385 g/mol. The average Bonchev–Trinajstić information content (AvgIpc) is 3.04. The second-order valence-corrected chi connectivity index (χ2v) is 6.12. The third-order valence-corrected chi connectivity index (χ3v) is 4.45. The minimum Gasteiger partial charge on any atom is -0.493 e. The molecule has 0 atom stereocenters. The predicted octanol–water partition coefficient (Wildman–Crippen LogP) is 2.18. The van der Waals surface area contributed by atoms with Crippen molar-refractivity contribution in [3.8, 4) is 17.2 Å². The summed E-state index contributed by atoms with van der Waals surface area (Å²) >= 11 is 0. The number of nitrogens with one attached hydrogen (secondary N) is 2. The summed E-state index contributed by atoms with van der Waals surface area (Å²) in [5.41, 5.74) is 1.90. The van der Waals surface area contributed by atoms with Gasteiger partial charge in [0.2, 0.25) is 5.75 Å². The van der Waals surface area contributed by atoms with Crippen molar-refractivity contribution in [2.75, 3.05) is 27.9 Å². The zero-order chi connectivity index (χ0) is 20.1. The molecule has 0 aliphatic heterocycles. The lowest BCUT2D eigenvalue weighted by molar-refractivity contribution is 0.0952. The molecule has 0 unspecified atom stereocenters. The molecule has 3 rings (SSSR count). The van der Waals surface area contributed by atoms with Gasteiger partial charge in [0.15, 0.2) is 11.5 Å². The quantitative estimate of drug-likeness (QED) is 0.580. The number of carbonyl (C=O) groups is 1. The number of nitrogens with zero attached hydrogens (tertiary/aromatic N) is 1. The zero-order valence-electron chi connectivity index (χ0n) is 16.1. The van der Waals surface area contributed by atoms with E-state index >= 15 is 0 Å². The number of methoxy groups -OCH3 is 3. The molecular formula is C20H23N3O5. The highest BCUT2D eigenvalue weighted by molar-refractivity contribution is 5.95. The van der Waals surface area contributed by atoms with E-state index in [0.717, 1.165) is 11.0 Å². The van der Waals surface area contributed by atoms with E-state index in [0.29, 0.717) is 42.3 Å². The van der Waals surface area contributed by atoms with E-state index in [9.17, 15) is 9.59 Å². The number of aryl methyl sites for hydroxylation is 1. The normalized spacial score (nSPS) is 10.7. The van der Waals surface area contributed by atoms with Gasteiger partial charge in [-0.3, -0.25) is 9.36 Å². The number of rotatable bonds is 8. The summed E-state index contributed by atoms with van der Waals surface area (Å²) in [6, 6.07) is 10.7. The maximum absolute atomic E-state index is 12.5. The third-order valence-electron chi connectivity index (χ3n) is 4.45. The van der Waals surface area contributed by atoms with E-state index in [2.05, 4.69) is 10.3 Å². The number of H-pyrrole nitrogens is 1. The number of amides is 1. The van der Waals surface area contributed by atoms with E-state index in [-0.39, 0.29) is 11.6 Å². The number of aromatic amines is 1. The van der Waals surface area contributed by atoms with Crippen LogP contribution < -0.4 is 25.2 Å². The first kappa shape index (κ1) is 19.3. The van der Waals surface area contributed by atoms with Gasteiger partial charge < -0.3 is 24.5 Å². The Bertz CT molecular complexity index is 1010. The standard InChI is InChI=1S/C20H23N3O5/c1-26-16-11-13(12-17(27-2)18(16)28-3)19(24)21-9-6-10-23-15-8-5-4-7-14(15)22-20(23)25/h4-5,7-8,11-12H,6,9-10H2,1-3H3,(H,21,24)(H,22,25). The highest BCUT2D eigenvalue weighted by Gasteiger charge is 2.16. The SMILES string of the molecule is COc1cc(C(=O)NCCCn2c(=O)[nH]c3ccccc32)cc(OC)c1OC. The molecule has 0 spiro atoms. The molecule has 0 aliphatic carbocycles. The largest absolute Gasteiger partial charge is 0.493 e. The molecule has 0 bridgehead atoms. The second kappa shape index (κ2) is 8.51. The van der Waals surface area contributed by atoms with Crippen LogP contribution in [0.25, 0.3) is 11.0 Å². The van der Waals surface area contributed by atoms with Crippen molar-refractivity contribution in [1.82, 2.24) is 14.9 Å². The van der Waals surface area contributed by atoms with E-state index in [1.54, 1.807) is 16.7 Å². The average molecular weight is 385 g/mol. The molecule has 1 amide bonds. The van der Waals surface area contributed by atoms with Crippen LogP contribution in [0, 0.1) is 0 Å². The molecule has 148 valence electrons. The zero-order valence-corrected chi connectivity index (χ0v) is 16.1. The van der Waals surface area contributed by atoms with Crippen LogP contribution in [-0.4, -0.2) is 43.3 Å². The number of ether oxygens (including phenoxy) is 3. The summed E-state index contributed by atoms with van der Waals surface area (Å²) in [4.78, 5) is 27.4. The van der Waals surface area contributed by atoms with Gasteiger partial charge in [-0.1, -0.05) is 12.1 Å². The van der Waals surface area contributed by atoms with Gasteiger partial charge in [-0.15, -0.1) is 0 Å². The fraction of sp³-hybridized carbons (Fsp3) is 0.300. The summed E-state index contributed by atoms with van der Waals surface area (Å²) in [7, 11) is 4.50. The van der Waals surface area contributed by atoms with Crippen LogP contribution >= 0.6 is 0 Å². The van der Waals surface area contributed by atoms with Crippen LogP contribution in [0.3, 0.4) is 0 Å². The molecule has 3 aromatic rings. The lowest BCUT2D eigenvalue weighted by Gasteiger charge is -2.14. The minimum atomic E-state index is -0.259. The van der Waals surface area contributed by atoms with Gasteiger partial charge >= 0.3 is 5.69 Å². The van der Waals surface area contributed by atoms with Crippen LogP contribution in [0.15, 0.2) is 41.2 Å². The molecule has 1 aromatic heterocycles. The van der Waals surface area contributed by atoms with Crippen molar-refractivity contribution in [1.29, 1.82) is 0 Å². The first-order valence-electron chi connectivity index (χ1n) is 8.84. The molecule has 0 fully saturated rings. The smallest absolute Gasteiger partial charge is 0.326 e. The minimum absolute atomic E-state index is 0.155. The van der Waals surface area contributed by atoms with Gasteiger partial charge in [0.1, 0.15) is 0 Å². The Hall–Kier alpha value is -3.42. The number of fused-ring (bicyclic) bond motifs is 1. The third kappa shape index (κ3) is 3.80. The molecule has 0 saturated carbocycles. The molecule has 8 heteroatoms. The summed E-state index contributed by atoms with van der Waals surface area (Å²) in [5.74, 6) is 1.00. The highest BCUT2D eigenvalue weighted by Crippen LogP contribution is 2.38. The van der Waals surface area contributed by atoms with E-state index in [4.69, 9.17) is 14.2 Å². The van der Waals surface area contributed by atoms with Gasteiger partial charge in [0.25, 0.3) is 5.91 Å². The Balaban J connectivity index is 1.64. The predicted molar refractivity (Wildman–Crippen MR) is 106 cm³/mol. The Kier molecular flexibility index (Phi) is 5.88. The highest BCUT2D eigenvalue weighted by atomic mass is 16.5. The summed E-state index contributed by atoms with van der Waals surface area (Å²) < 4.78 is 17.5. The van der Waals surface area contributed by atoms with Crippen LogP contribution in [0.4, 0.5) is 0 Å². The van der Waals surface area contributed by atoms with Crippen molar-refractivity contribution >= 4 is 16.9 Å². The Morgan fingerprint density at radius 1 is 1.07 bits per heavy atom. The lowest BCUT2D eigenvalue weighted by Crippen LogP contribution is -2.26. The second-order valence-electron chi connectivity index (χ2n) is 6.12. The molecule has 0 saturated heterocycles. The Morgan fingerprint density at radius 3 is 2.39 bits per heavy atom. The van der Waals surface area contributed by atoms with Crippen molar-refractivity contribution < 1.29 is 19.0 Å². The molecule has 8 nitrogen and oxygen atoms in total. The number of para-hydroxylation sites is 2. The Morgan fingerprint density at radius 2 is 1.75 bits per heavy atom. The maximum Gasteiger partial charge on any atom is 0.326 e. The van der Waals surface area contributed by atoms with Crippen LogP contribution in [0.1, 0.15) is 16.8 Å². The first-order valence-corrected chi connectivity index (χ1v) is 8.84. The summed E-state index contributed by atoms with van der Waals surface area (Å²) in [5, 5.41) is 2.85. The number of benzene rings is 2. The van der Waals surface area contributed by atoms with Crippen molar-refractivity contribution in [2.45, 2.75) is 13.0 Å². The number of hydrogen-bond donors (Lipinski definition) is 2. The van der Waals surface area contributed by atoms with Crippen molar-refractivity contribution in [2.24, 2.45) is 0 Å². The molecule has 2 N–H and O–H groups in total. The van der Waals surface area contributed by atoms with Gasteiger partial charge in [0, 0.05) is 18.7 Å². The van der Waals surface area contributed by atoms with Crippen LogP contribution in [-0.2, 0) is 6.54 Å². The number of aromatic nitrogens is 2. The fourth-order valence-corrected chi connectivity index (χ4v) is 3.08. The van der Waals surface area contributed by atoms with Gasteiger partial charge in [-0.25, -0.2) is 4.79 Å². The number of imidazole rings is 1. The Labute approximate surface area is 162 Å². The molecule has 28 heavy (non-hydrogen) atoms. The molecule has 0 aliphatic rings. The topological polar surface area (TPSA) is 94.6 Å². The fourth-order valence-electron chi connectivity index (χ4n) is 3.08. The molecule has 0 radical (unpaired) electrons. The number of hydrogen-bond acceptors (Lipinski definition) is 5. The van der Waals surface area contributed by atoms with E-state index in [1.807, 2.05) is 24.3 Å². The van der Waals surface area contributed by atoms with Crippen LogP contribution in [0.5, 0.6) is 17.2 Å². The first-order chi connectivity index (χ1) is 13.6. The lowest BCUT2D eigenvalue weighted by atomic mass is 10.1. The molecule has 1 heterocycles. The van der Waals surface area contributed by atoms with Crippen molar-refractivity contribution in [3.05, 3.63) is 52.4 Å². The van der Waals surface area contributed by atoms with E-state index < -0.39 is 0 Å². The molecule has 2 aromatic carbocycles. The van der Waals surface area contributed by atoms with Gasteiger partial charge in [0.05, 0.1) is 32.4 Å². The summed E-state index contributed by atoms with van der Waals surface area (Å²) in [6.45, 7) is 0.916. The van der Waals surface area contributed by atoms with Crippen molar-refractivity contribution in [3.63, 3.8) is 0 Å². The number of carbonyl (C=O) groups excluding carboxylic acids is 1. The maximum atomic E-state index is 12.5. The van der Waals surface area contributed by atoms with Gasteiger partial charge in [-0.05, 0) is 30.7 Å². The summed E-state index contributed by atoms with van der Waals surface area (Å²) in [6.07, 6.45) is 0.609. The van der Waals surface area contributed by atoms with Crippen LogP contribution in [0.2, 0.25) is 0 Å².